The van der Waals surface area contributed by atoms with E-state index in [-0.39, 0.29) is 5.92 Å². The van der Waals surface area contributed by atoms with E-state index in [0.29, 0.717) is 25.6 Å². The topological polar surface area (TPSA) is 82.6 Å². The lowest BCUT2D eigenvalue weighted by atomic mass is 9.91. The maximum Gasteiger partial charge on any atom is 0.208 e. The number of hydrogen-bond acceptors (Lipinski definition) is 3. The van der Waals surface area contributed by atoms with Crippen LogP contribution >= 0.6 is 0 Å². The molecule has 0 saturated carbocycles. The molecular weight excluding hydrogens is 360 g/mol. The molecule has 27 heavy (non-hydrogen) atoms. The van der Waals surface area contributed by atoms with E-state index in [4.69, 9.17) is 4.99 Å². The van der Waals surface area contributed by atoms with E-state index in [1.54, 1.807) is 0 Å². The molecule has 0 bridgehead atoms. The summed E-state index contributed by atoms with van der Waals surface area (Å²) >= 11 is 0. The molecule has 7 heteroatoms. The lowest BCUT2D eigenvalue weighted by molar-refractivity contribution is 0.586. The number of nitrogens with one attached hydrogen (secondary N) is 3. The number of aliphatic imine (C=N–C) groups is 1. The average Bonchev–Trinajstić information content (AvgIpc) is 2.66. The van der Waals surface area contributed by atoms with Crippen LogP contribution in [0.3, 0.4) is 0 Å². The van der Waals surface area contributed by atoms with E-state index < -0.39 is 10.0 Å². The van der Waals surface area contributed by atoms with Gasteiger partial charge in [-0.3, -0.25) is 4.99 Å². The quantitative estimate of drug-likeness (QED) is 0.348. The monoisotopic (exact) mass is 388 g/mol. The van der Waals surface area contributed by atoms with Crippen molar-refractivity contribution in [3.8, 4) is 0 Å². The van der Waals surface area contributed by atoms with Gasteiger partial charge in [-0.05, 0) is 18.1 Å². The number of nitrogens with zero attached hydrogens (tertiary/aromatic N) is 1. The first-order valence-electron chi connectivity index (χ1n) is 9.06. The van der Waals surface area contributed by atoms with Crippen LogP contribution in [0.15, 0.2) is 65.7 Å². The fourth-order valence-electron chi connectivity index (χ4n) is 2.72. The van der Waals surface area contributed by atoms with Gasteiger partial charge in [0.05, 0.1) is 12.8 Å². The van der Waals surface area contributed by atoms with Gasteiger partial charge in [-0.25, -0.2) is 13.1 Å². The van der Waals surface area contributed by atoms with E-state index in [2.05, 4.69) is 39.6 Å². The Hall–Kier alpha value is -2.38. The minimum absolute atomic E-state index is 0.150. The maximum atomic E-state index is 11.1. The Bertz CT molecular complexity index is 769. The van der Waals surface area contributed by atoms with Gasteiger partial charge in [-0.15, -0.1) is 0 Å². The Morgan fingerprint density at radius 1 is 0.926 bits per heavy atom. The van der Waals surface area contributed by atoms with Gasteiger partial charge in [0.15, 0.2) is 5.96 Å². The van der Waals surface area contributed by atoms with Gasteiger partial charge in [0, 0.05) is 25.6 Å². The van der Waals surface area contributed by atoms with Crippen LogP contribution in [0.5, 0.6) is 0 Å². The normalized spacial score (nSPS) is 12.2. The minimum atomic E-state index is -3.18. The van der Waals surface area contributed by atoms with E-state index in [1.165, 1.54) is 11.1 Å². The second kappa shape index (κ2) is 10.7. The molecule has 6 nitrogen and oxygen atoms in total. The lowest BCUT2D eigenvalue weighted by Gasteiger charge is -2.18. The first kappa shape index (κ1) is 20.9. The molecule has 0 aliphatic heterocycles. The van der Waals surface area contributed by atoms with Gasteiger partial charge in [0.1, 0.15) is 0 Å². The highest BCUT2D eigenvalue weighted by Crippen LogP contribution is 2.24. The number of rotatable bonds is 9. The summed E-state index contributed by atoms with van der Waals surface area (Å²) in [5, 5.41) is 6.36. The zero-order valence-corrected chi connectivity index (χ0v) is 16.7. The van der Waals surface area contributed by atoms with Gasteiger partial charge >= 0.3 is 0 Å². The molecule has 0 fully saturated rings. The molecule has 2 aromatic carbocycles. The molecule has 0 saturated heterocycles. The molecular formula is C20H28N4O2S. The molecule has 3 N–H and O–H groups in total. The number of hydrogen-bond donors (Lipinski definition) is 3. The van der Waals surface area contributed by atoms with Crippen molar-refractivity contribution >= 4 is 16.0 Å². The van der Waals surface area contributed by atoms with Crippen molar-refractivity contribution in [1.29, 1.82) is 0 Å². The standard InChI is InChI=1S/C20H28N4O2S/c1-3-21-20(22-14-15-24-27(2,25)26)23-16-19(17-10-6-4-7-11-17)18-12-8-5-9-13-18/h4-13,19,24H,3,14-16H2,1-2H3,(H2,21,22,23). The van der Waals surface area contributed by atoms with Gasteiger partial charge in [-0.2, -0.15) is 0 Å². The van der Waals surface area contributed by atoms with Gasteiger partial charge in [-0.1, -0.05) is 60.7 Å². The summed E-state index contributed by atoms with van der Waals surface area (Å²) < 4.78 is 24.8. The van der Waals surface area contributed by atoms with E-state index in [0.717, 1.165) is 12.8 Å². The summed E-state index contributed by atoms with van der Waals surface area (Å²) in [6.07, 6.45) is 1.15. The van der Waals surface area contributed by atoms with Crippen molar-refractivity contribution in [2.45, 2.75) is 12.8 Å². The highest BCUT2D eigenvalue weighted by atomic mass is 32.2. The fourth-order valence-corrected chi connectivity index (χ4v) is 3.19. The van der Waals surface area contributed by atoms with Crippen LogP contribution < -0.4 is 15.4 Å². The molecule has 0 aliphatic carbocycles. The molecule has 0 amide bonds. The zero-order valence-electron chi connectivity index (χ0n) is 15.9. The van der Waals surface area contributed by atoms with Gasteiger partial charge in [0.2, 0.25) is 10.0 Å². The van der Waals surface area contributed by atoms with Gasteiger partial charge in [0.25, 0.3) is 0 Å². The molecule has 0 radical (unpaired) electrons. The summed E-state index contributed by atoms with van der Waals surface area (Å²) in [4.78, 5) is 4.72. The Morgan fingerprint density at radius 2 is 1.48 bits per heavy atom. The highest BCUT2D eigenvalue weighted by Gasteiger charge is 2.13. The molecule has 2 rings (SSSR count). The third-order valence-corrected chi connectivity index (χ3v) is 4.69. The van der Waals surface area contributed by atoms with Crippen molar-refractivity contribution in [2.24, 2.45) is 4.99 Å². The van der Waals surface area contributed by atoms with Crippen LogP contribution in [0.25, 0.3) is 0 Å². The van der Waals surface area contributed by atoms with Crippen molar-refractivity contribution in [2.75, 3.05) is 32.4 Å². The molecule has 0 heterocycles. The molecule has 0 aliphatic rings. The summed E-state index contributed by atoms with van der Waals surface area (Å²) in [6, 6.07) is 20.6. The summed E-state index contributed by atoms with van der Waals surface area (Å²) in [7, 11) is -3.18. The largest absolute Gasteiger partial charge is 0.357 e. The van der Waals surface area contributed by atoms with Crippen molar-refractivity contribution < 1.29 is 8.42 Å². The number of sulfonamides is 1. The predicted molar refractivity (Wildman–Crippen MR) is 112 cm³/mol. The maximum absolute atomic E-state index is 11.1. The molecule has 0 aromatic heterocycles. The minimum Gasteiger partial charge on any atom is -0.357 e. The molecule has 0 atom stereocenters. The third kappa shape index (κ3) is 7.80. The molecule has 0 spiro atoms. The van der Waals surface area contributed by atoms with Crippen LogP contribution in [0.1, 0.15) is 24.0 Å². The summed E-state index contributed by atoms with van der Waals surface area (Å²) in [5.41, 5.74) is 2.42. The van der Waals surface area contributed by atoms with E-state index >= 15 is 0 Å². The van der Waals surface area contributed by atoms with Gasteiger partial charge < -0.3 is 10.6 Å². The summed E-state index contributed by atoms with van der Waals surface area (Å²) in [6.45, 7) is 4.08. The first-order valence-corrected chi connectivity index (χ1v) is 11.0. The van der Waals surface area contributed by atoms with E-state index in [1.807, 2.05) is 43.3 Å². The second-order valence-corrected chi connectivity index (χ2v) is 8.02. The van der Waals surface area contributed by atoms with Crippen molar-refractivity contribution in [1.82, 2.24) is 15.4 Å². The SMILES string of the molecule is CCNC(=NCC(c1ccccc1)c1ccccc1)NCCNS(C)(=O)=O. The van der Waals surface area contributed by atoms with Crippen molar-refractivity contribution in [3.63, 3.8) is 0 Å². The van der Waals surface area contributed by atoms with Crippen LogP contribution in [0.2, 0.25) is 0 Å². The molecule has 0 unspecified atom stereocenters. The zero-order chi connectivity index (χ0) is 19.5. The van der Waals surface area contributed by atoms with Crippen LogP contribution in [0, 0.1) is 0 Å². The molecule has 2 aromatic rings. The Morgan fingerprint density at radius 3 is 1.96 bits per heavy atom. The average molecular weight is 389 g/mol. The fraction of sp³-hybridized carbons (Fsp3) is 0.350. The predicted octanol–water partition coefficient (Wildman–Crippen LogP) is 1.92. The Balaban J connectivity index is 2.09. The van der Waals surface area contributed by atoms with Crippen LogP contribution in [-0.4, -0.2) is 46.8 Å². The van der Waals surface area contributed by atoms with Crippen LogP contribution in [0.4, 0.5) is 0 Å². The Kier molecular flexibility index (Phi) is 8.29. The van der Waals surface area contributed by atoms with E-state index in [9.17, 15) is 8.42 Å². The molecule has 146 valence electrons. The lowest BCUT2D eigenvalue weighted by Crippen LogP contribution is -2.41. The first-order chi connectivity index (χ1) is 13.0. The second-order valence-electron chi connectivity index (χ2n) is 6.19. The Labute approximate surface area is 162 Å². The third-order valence-electron chi connectivity index (χ3n) is 3.96. The smallest absolute Gasteiger partial charge is 0.208 e. The van der Waals surface area contributed by atoms with Crippen molar-refractivity contribution in [3.05, 3.63) is 71.8 Å². The highest BCUT2D eigenvalue weighted by molar-refractivity contribution is 7.88. The number of guanidine groups is 1. The number of benzene rings is 2. The summed E-state index contributed by atoms with van der Waals surface area (Å²) in [5.74, 6) is 0.821. The van der Waals surface area contributed by atoms with Crippen LogP contribution in [-0.2, 0) is 10.0 Å².